The highest BCUT2D eigenvalue weighted by Gasteiger charge is 2.33. The molecule has 10 heteroatoms. The first-order valence-electron chi connectivity index (χ1n) is 7.60. The fourth-order valence-electron chi connectivity index (χ4n) is 2.29. The fraction of sp³-hybridized carbons (Fsp3) is 0.400. The van der Waals surface area contributed by atoms with E-state index in [1.807, 2.05) is 0 Å². The van der Waals surface area contributed by atoms with Gasteiger partial charge >= 0.3 is 0 Å². The summed E-state index contributed by atoms with van der Waals surface area (Å²) in [6.45, 7) is 0.0843. The summed E-state index contributed by atoms with van der Waals surface area (Å²) in [6, 6.07) is 6.30. The standard InChI is InChI=1S/C15H18ClN3O5S/c16-12-3-1-10(2-4-12)14(21)17-7-5-13(20)18-19-15(22)11-6-8-25(23,24)9-11/h1-4,11H,5-9H2,(H,17,21)(H,18,20)(H,19,22)/t11-/m1/s1. The number of benzene rings is 1. The van der Waals surface area contributed by atoms with Gasteiger partial charge in [0.15, 0.2) is 9.84 Å². The molecule has 136 valence electrons. The maximum Gasteiger partial charge on any atom is 0.251 e. The van der Waals surface area contributed by atoms with Crippen molar-refractivity contribution in [3.63, 3.8) is 0 Å². The van der Waals surface area contributed by atoms with Crippen molar-refractivity contribution in [1.82, 2.24) is 16.2 Å². The van der Waals surface area contributed by atoms with E-state index in [0.717, 1.165) is 0 Å². The van der Waals surface area contributed by atoms with E-state index in [1.165, 1.54) is 0 Å². The Kier molecular flexibility index (Phi) is 6.38. The lowest BCUT2D eigenvalue weighted by atomic mass is 10.1. The molecule has 2 rings (SSSR count). The minimum absolute atomic E-state index is 0.0181. The Hall–Kier alpha value is -2.13. The van der Waals surface area contributed by atoms with Crippen LogP contribution in [0, 0.1) is 5.92 Å². The van der Waals surface area contributed by atoms with Crippen LogP contribution < -0.4 is 16.2 Å². The number of carbonyl (C=O) groups is 3. The third kappa shape index (κ3) is 6.02. The topological polar surface area (TPSA) is 121 Å². The van der Waals surface area contributed by atoms with E-state index >= 15 is 0 Å². The Morgan fingerprint density at radius 1 is 1.12 bits per heavy atom. The average molecular weight is 388 g/mol. The van der Waals surface area contributed by atoms with E-state index in [1.54, 1.807) is 24.3 Å². The number of halogens is 1. The molecule has 0 aliphatic carbocycles. The number of carbonyl (C=O) groups excluding carboxylic acids is 3. The first kappa shape index (κ1) is 19.2. The summed E-state index contributed by atoms with van der Waals surface area (Å²) in [5, 5.41) is 3.08. The van der Waals surface area contributed by atoms with Gasteiger partial charge in [-0.1, -0.05) is 11.6 Å². The largest absolute Gasteiger partial charge is 0.352 e. The zero-order valence-corrected chi connectivity index (χ0v) is 14.8. The predicted octanol–water partition coefficient (Wildman–Crippen LogP) is 0.0420. The number of hydrazine groups is 1. The molecule has 3 amide bonds. The molecule has 3 N–H and O–H groups in total. The number of hydrogen-bond donors (Lipinski definition) is 3. The lowest BCUT2D eigenvalue weighted by Crippen LogP contribution is -2.45. The van der Waals surface area contributed by atoms with Gasteiger partial charge in [-0.3, -0.25) is 25.2 Å². The number of nitrogens with one attached hydrogen (secondary N) is 3. The molecule has 1 saturated heterocycles. The van der Waals surface area contributed by atoms with E-state index in [4.69, 9.17) is 11.6 Å². The third-order valence-electron chi connectivity index (χ3n) is 3.67. The first-order chi connectivity index (χ1) is 11.8. The van der Waals surface area contributed by atoms with E-state index in [2.05, 4.69) is 16.2 Å². The number of sulfone groups is 1. The van der Waals surface area contributed by atoms with Gasteiger partial charge in [-0.2, -0.15) is 0 Å². The molecule has 1 aliphatic rings. The summed E-state index contributed by atoms with van der Waals surface area (Å²) in [6.07, 6.45) is 0.212. The van der Waals surface area contributed by atoms with Crippen LogP contribution in [0.2, 0.25) is 5.02 Å². The van der Waals surface area contributed by atoms with Crippen molar-refractivity contribution in [3.05, 3.63) is 34.9 Å². The summed E-state index contributed by atoms with van der Waals surface area (Å²) in [4.78, 5) is 35.2. The summed E-state index contributed by atoms with van der Waals surface area (Å²) in [5.41, 5.74) is 4.83. The first-order valence-corrected chi connectivity index (χ1v) is 9.80. The van der Waals surface area contributed by atoms with Gasteiger partial charge in [0.2, 0.25) is 11.8 Å². The molecule has 0 spiro atoms. The molecule has 1 aliphatic heterocycles. The molecule has 0 bridgehead atoms. The second kappa shape index (κ2) is 8.30. The van der Waals surface area contributed by atoms with Crippen molar-refractivity contribution >= 4 is 39.2 Å². The Morgan fingerprint density at radius 3 is 2.40 bits per heavy atom. The Morgan fingerprint density at radius 2 is 1.80 bits per heavy atom. The normalized spacial score (nSPS) is 18.4. The third-order valence-corrected chi connectivity index (χ3v) is 5.69. The Bertz CT molecular complexity index is 764. The smallest absolute Gasteiger partial charge is 0.251 e. The second-order valence-electron chi connectivity index (χ2n) is 5.65. The van der Waals surface area contributed by atoms with Crippen molar-refractivity contribution in [3.8, 4) is 0 Å². The summed E-state index contributed by atoms with van der Waals surface area (Å²) in [5.74, 6) is -2.23. The molecule has 0 aromatic heterocycles. The van der Waals surface area contributed by atoms with Crippen LogP contribution in [-0.4, -0.2) is 44.2 Å². The molecule has 1 aromatic carbocycles. The van der Waals surface area contributed by atoms with E-state index in [-0.39, 0.29) is 36.8 Å². The van der Waals surface area contributed by atoms with Crippen molar-refractivity contribution in [2.45, 2.75) is 12.8 Å². The molecule has 0 radical (unpaired) electrons. The molecule has 0 saturated carbocycles. The van der Waals surface area contributed by atoms with Gasteiger partial charge < -0.3 is 5.32 Å². The van der Waals surface area contributed by atoms with Crippen LogP contribution in [0.3, 0.4) is 0 Å². The van der Waals surface area contributed by atoms with Gasteiger partial charge in [-0.15, -0.1) is 0 Å². The zero-order valence-electron chi connectivity index (χ0n) is 13.2. The van der Waals surface area contributed by atoms with Crippen LogP contribution in [0.5, 0.6) is 0 Å². The second-order valence-corrected chi connectivity index (χ2v) is 8.32. The lowest BCUT2D eigenvalue weighted by molar-refractivity contribution is -0.130. The highest BCUT2D eigenvalue weighted by molar-refractivity contribution is 7.91. The molecule has 1 fully saturated rings. The Labute approximate surface area is 150 Å². The molecule has 1 heterocycles. The van der Waals surface area contributed by atoms with Crippen LogP contribution >= 0.6 is 11.6 Å². The number of hydrogen-bond acceptors (Lipinski definition) is 5. The number of rotatable bonds is 5. The number of amides is 3. The van der Waals surface area contributed by atoms with E-state index < -0.39 is 27.6 Å². The van der Waals surface area contributed by atoms with Crippen molar-refractivity contribution < 1.29 is 22.8 Å². The monoisotopic (exact) mass is 387 g/mol. The SMILES string of the molecule is O=C(CCNC(=O)c1ccc(Cl)cc1)NNC(=O)[C@@H]1CCS(=O)(=O)C1. The summed E-state index contributed by atoms with van der Waals surface area (Å²) >= 11 is 5.73. The van der Waals surface area contributed by atoms with Crippen LogP contribution in [0.1, 0.15) is 23.2 Å². The van der Waals surface area contributed by atoms with Crippen LogP contribution in [0.15, 0.2) is 24.3 Å². The highest BCUT2D eigenvalue weighted by atomic mass is 35.5. The van der Waals surface area contributed by atoms with E-state index in [9.17, 15) is 22.8 Å². The fourth-order valence-corrected chi connectivity index (χ4v) is 4.16. The molecule has 8 nitrogen and oxygen atoms in total. The van der Waals surface area contributed by atoms with Crippen molar-refractivity contribution in [2.24, 2.45) is 5.92 Å². The summed E-state index contributed by atoms with van der Waals surface area (Å²) < 4.78 is 22.6. The van der Waals surface area contributed by atoms with Gasteiger partial charge in [-0.05, 0) is 30.7 Å². The molecule has 1 aromatic rings. The summed E-state index contributed by atoms with van der Waals surface area (Å²) in [7, 11) is -3.16. The molecular weight excluding hydrogens is 370 g/mol. The molecule has 25 heavy (non-hydrogen) atoms. The van der Waals surface area contributed by atoms with Crippen LogP contribution in [0.25, 0.3) is 0 Å². The quantitative estimate of drug-likeness (QED) is 0.616. The minimum Gasteiger partial charge on any atom is -0.352 e. The van der Waals surface area contributed by atoms with Gasteiger partial charge in [0, 0.05) is 23.6 Å². The average Bonchev–Trinajstić information content (AvgIpc) is 2.93. The van der Waals surface area contributed by atoms with E-state index in [0.29, 0.717) is 10.6 Å². The Balaban J connectivity index is 1.66. The molecule has 1 atom stereocenters. The zero-order chi connectivity index (χ0) is 18.4. The maximum absolute atomic E-state index is 11.8. The highest BCUT2D eigenvalue weighted by Crippen LogP contribution is 2.17. The van der Waals surface area contributed by atoms with Crippen LogP contribution in [-0.2, 0) is 19.4 Å². The van der Waals surface area contributed by atoms with Gasteiger partial charge in [0.25, 0.3) is 5.91 Å². The molecule has 0 unspecified atom stereocenters. The van der Waals surface area contributed by atoms with Gasteiger partial charge in [0.1, 0.15) is 0 Å². The predicted molar refractivity (Wildman–Crippen MR) is 91.4 cm³/mol. The van der Waals surface area contributed by atoms with Crippen molar-refractivity contribution in [1.29, 1.82) is 0 Å². The van der Waals surface area contributed by atoms with Crippen molar-refractivity contribution in [2.75, 3.05) is 18.1 Å². The van der Waals surface area contributed by atoms with Gasteiger partial charge in [0.05, 0.1) is 17.4 Å². The van der Waals surface area contributed by atoms with Gasteiger partial charge in [-0.25, -0.2) is 8.42 Å². The van der Waals surface area contributed by atoms with Crippen LogP contribution in [0.4, 0.5) is 0 Å². The maximum atomic E-state index is 11.8. The molecular formula is C15H18ClN3O5S. The minimum atomic E-state index is -3.16. The lowest BCUT2D eigenvalue weighted by Gasteiger charge is -2.11.